The molecule has 1 aliphatic heterocycles. The number of fused-ring (bicyclic) bond motifs is 1. The van der Waals surface area contributed by atoms with Gasteiger partial charge in [0, 0.05) is 13.1 Å². The Balaban J connectivity index is 2.17. The van der Waals surface area contributed by atoms with Crippen molar-refractivity contribution in [1.29, 1.82) is 0 Å². The fourth-order valence-electron chi connectivity index (χ4n) is 2.28. The molecule has 2 rings (SSSR count). The molecule has 1 heterocycles. The van der Waals surface area contributed by atoms with Crippen LogP contribution in [0.5, 0.6) is 0 Å². The molecular formula is C16H21NO2. The van der Waals surface area contributed by atoms with E-state index < -0.39 is 5.60 Å². The molecule has 0 aromatic heterocycles. The zero-order valence-corrected chi connectivity index (χ0v) is 11.9. The van der Waals surface area contributed by atoms with E-state index in [2.05, 4.69) is 12.6 Å². The number of nitrogens with zero attached hydrogens (tertiary/aromatic N) is 1. The number of hydrogen-bond donors (Lipinski definition) is 0. The van der Waals surface area contributed by atoms with Crippen molar-refractivity contribution in [2.75, 3.05) is 6.54 Å². The third kappa shape index (κ3) is 3.16. The van der Waals surface area contributed by atoms with E-state index in [1.165, 1.54) is 11.1 Å². The Bertz CT molecular complexity index is 500. The lowest BCUT2D eigenvalue weighted by Gasteiger charge is -2.32. The normalized spacial score (nSPS) is 14.8. The van der Waals surface area contributed by atoms with Crippen molar-refractivity contribution in [2.24, 2.45) is 0 Å². The topological polar surface area (TPSA) is 29.5 Å². The summed E-state index contributed by atoms with van der Waals surface area (Å²) in [5.74, 6) is 0. The molecule has 0 bridgehead atoms. The highest BCUT2D eigenvalue weighted by atomic mass is 16.6. The van der Waals surface area contributed by atoms with E-state index in [4.69, 9.17) is 4.74 Å². The van der Waals surface area contributed by atoms with E-state index in [1.807, 2.05) is 39.0 Å². The fourth-order valence-corrected chi connectivity index (χ4v) is 2.28. The van der Waals surface area contributed by atoms with Gasteiger partial charge in [0.05, 0.1) is 0 Å². The standard InChI is InChI=1S/C16H21NO2/c1-5-12-7-6-8-13-9-10-17(11-14(12)13)15(18)19-16(2,3)4/h5-8H,1,9-11H2,2-4H3. The molecule has 1 amide bonds. The van der Waals surface area contributed by atoms with Crippen LogP contribution in [-0.2, 0) is 17.7 Å². The molecule has 3 heteroatoms. The minimum atomic E-state index is -0.449. The molecule has 19 heavy (non-hydrogen) atoms. The Morgan fingerprint density at radius 1 is 1.42 bits per heavy atom. The monoisotopic (exact) mass is 259 g/mol. The number of hydrogen-bond acceptors (Lipinski definition) is 2. The largest absolute Gasteiger partial charge is 0.444 e. The summed E-state index contributed by atoms with van der Waals surface area (Å²) in [6.45, 7) is 10.8. The molecule has 1 aromatic carbocycles. The summed E-state index contributed by atoms with van der Waals surface area (Å²) in [5.41, 5.74) is 3.15. The molecule has 0 spiro atoms. The zero-order valence-electron chi connectivity index (χ0n) is 11.9. The highest BCUT2D eigenvalue weighted by molar-refractivity contribution is 5.69. The van der Waals surface area contributed by atoms with Crippen molar-refractivity contribution >= 4 is 12.2 Å². The molecule has 0 saturated heterocycles. The smallest absolute Gasteiger partial charge is 0.410 e. The Morgan fingerprint density at radius 3 is 2.79 bits per heavy atom. The molecule has 0 aliphatic carbocycles. The maximum atomic E-state index is 12.1. The van der Waals surface area contributed by atoms with Gasteiger partial charge in [0.15, 0.2) is 0 Å². The average Bonchev–Trinajstić information content (AvgIpc) is 2.35. The van der Waals surface area contributed by atoms with Crippen molar-refractivity contribution in [1.82, 2.24) is 4.90 Å². The number of carbonyl (C=O) groups is 1. The maximum Gasteiger partial charge on any atom is 0.410 e. The second-order valence-electron chi connectivity index (χ2n) is 5.84. The highest BCUT2D eigenvalue weighted by Crippen LogP contribution is 2.24. The molecule has 102 valence electrons. The van der Waals surface area contributed by atoms with Crippen LogP contribution in [0.2, 0.25) is 0 Å². The molecule has 0 unspecified atom stereocenters. The van der Waals surface area contributed by atoms with Crippen LogP contribution < -0.4 is 0 Å². The van der Waals surface area contributed by atoms with Crippen molar-refractivity contribution in [3.05, 3.63) is 41.5 Å². The SMILES string of the molecule is C=Cc1cccc2c1CN(C(=O)OC(C)(C)C)CC2. The fraction of sp³-hybridized carbons (Fsp3) is 0.438. The molecule has 0 fully saturated rings. The molecule has 0 radical (unpaired) electrons. The third-order valence-electron chi connectivity index (χ3n) is 3.18. The first-order valence-electron chi connectivity index (χ1n) is 6.62. The van der Waals surface area contributed by atoms with Crippen molar-refractivity contribution in [3.8, 4) is 0 Å². The second kappa shape index (κ2) is 5.08. The number of benzene rings is 1. The molecular weight excluding hydrogens is 238 g/mol. The van der Waals surface area contributed by atoms with Crippen molar-refractivity contribution in [3.63, 3.8) is 0 Å². The van der Waals surface area contributed by atoms with Gasteiger partial charge in [-0.1, -0.05) is 30.9 Å². The van der Waals surface area contributed by atoms with Crippen LogP contribution >= 0.6 is 0 Å². The summed E-state index contributed by atoms with van der Waals surface area (Å²) in [7, 11) is 0. The first-order chi connectivity index (χ1) is 8.90. The lowest BCUT2D eigenvalue weighted by molar-refractivity contribution is 0.0224. The summed E-state index contributed by atoms with van der Waals surface area (Å²) in [4.78, 5) is 13.9. The first-order valence-corrected chi connectivity index (χ1v) is 6.62. The average molecular weight is 259 g/mol. The Hall–Kier alpha value is -1.77. The quantitative estimate of drug-likeness (QED) is 0.771. The molecule has 1 aromatic rings. The van der Waals surface area contributed by atoms with Gasteiger partial charge in [-0.25, -0.2) is 4.79 Å². The number of ether oxygens (including phenoxy) is 1. The van der Waals surface area contributed by atoms with Crippen LogP contribution in [0.4, 0.5) is 4.79 Å². The van der Waals surface area contributed by atoms with Gasteiger partial charge in [-0.2, -0.15) is 0 Å². The maximum absolute atomic E-state index is 12.1. The van der Waals surface area contributed by atoms with Crippen LogP contribution in [0.3, 0.4) is 0 Å². The molecule has 0 saturated carbocycles. The van der Waals surface area contributed by atoms with Crippen LogP contribution in [0, 0.1) is 0 Å². The Morgan fingerprint density at radius 2 is 2.16 bits per heavy atom. The van der Waals surface area contributed by atoms with Gasteiger partial charge in [0.25, 0.3) is 0 Å². The minimum Gasteiger partial charge on any atom is -0.444 e. The van der Waals surface area contributed by atoms with Crippen LogP contribution in [0.15, 0.2) is 24.8 Å². The van der Waals surface area contributed by atoms with Gasteiger partial charge < -0.3 is 9.64 Å². The Labute approximate surface area is 114 Å². The molecule has 0 atom stereocenters. The van der Waals surface area contributed by atoms with Gasteiger partial charge >= 0.3 is 6.09 Å². The number of rotatable bonds is 1. The van der Waals surface area contributed by atoms with Crippen LogP contribution in [0.25, 0.3) is 6.08 Å². The van der Waals surface area contributed by atoms with E-state index in [0.29, 0.717) is 13.1 Å². The van der Waals surface area contributed by atoms with Crippen LogP contribution in [0.1, 0.15) is 37.5 Å². The van der Waals surface area contributed by atoms with Gasteiger partial charge in [-0.05, 0) is 43.9 Å². The predicted molar refractivity (Wildman–Crippen MR) is 76.9 cm³/mol. The second-order valence-corrected chi connectivity index (χ2v) is 5.84. The van der Waals surface area contributed by atoms with E-state index in [-0.39, 0.29) is 6.09 Å². The van der Waals surface area contributed by atoms with Gasteiger partial charge in [-0.15, -0.1) is 0 Å². The van der Waals surface area contributed by atoms with Gasteiger partial charge in [0.2, 0.25) is 0 Å². The van der Waals surface area contributed by atoms with Crippen molar-refractivity contribution < 1.29 is 9.53 Å². The summed E-state index contributed by atoms with van der Waals surface area (Å²) in [5, 5.41) is 0. The lowest BCUT2D eigenvalue weighted by atomic mass is 9.95. The molecule has 1 aliphatic rings. The first kappa shape index (κ1) is 13.7. The minimum absolute atomic E-state index is 0.239. The third-order valence-corrected chi connectivity index (χ3v) is 3.18. The van der Waals surface area contributed by atoms with Crippen LogP contribution in [-0.4, -0.2) is 23.1 Å². The highest BCUT2D eigenvalue weighted by Gasteiger charge is 2.26. The number of carbonyl (C=O) groups excluding carboxylic acids is 1. The van der Waals surface area contributed by atoms with Gasteiger partial charge in [0.1, 0.15) is 5.60 Å². The summed E-state index contributed by atoms with van der Waals surface area (Å²) in [6.07, 6.45) is 2.48. The number of amides is 1. The Kier molecular flexibility index (Phi) is 3.65. The van der Waals surface area contributed by atoms with E-state index in [9.17, 15) is 4.79 Å². The van der Waals surface area contributed by atoms with E-state index in [0.717, 1.165) is 12.0 Å². The predicted octanol–water partition coefficient (Wildman–Crippen LogP) is 3.62. The summed E-state index contributed by atoms with van der Waals surface area (Å²) < 4.78 is 5.43. The summed E-state index contributed by atoms with van der Waals surface area (Å²) in [6, 6.07) is 6.19. The van der Waals surface area contributed by atoms with E-state index >= 15 is 0 Å². The lowest BCUT2D eigenvalue weighted by Crippen LogP contribution is -2.40. The molecule has 0 N–H and O–H groups in total. The van der Waals surface area contributed by atoms with Gasteiger partial charge in [-0.3, -0.25) is 0 Å². The summed E-state index contributed by atoms with van der Waals surface area (Å²) >= 11 is 0. The van der Waals surface area contributed by atoms with Crippen molar-refractivity contribution in [2.45, 2.75) is 39.3 Å². The van der Waals surface area contributed by atoms with E-state index in [1.54, 1.807) is 4.90 Å². The molecule has 3 nitrogen and oxygen atoms in total. The zero-order chi connectivity index (χ0) is 14.0.